The van der Waals surface area contributed by atoms with Crippen LogP contribution in [0.2, 0.25) is 5.02 Å². The summed E-state index contributed by atoms with van der Waals surface area (Å²) in [6, 6.07) is 9.49. The molecule has 2 rings (SSSR count). The van der Waals surface area contributed by atoms with Crippen LogP contribution in [0.25, 0.3) is 0 Å². The van der Waals surface area contributed by atoms with Crippen LogP contribution in [-0.4, -0.2) is 41.0 Å². The molecular formula is C32H46ClN3O4. The third kappa shape index (κ3) is 8.98. The van der Waals surface area contributed by atoms with Gasteiger partial charge in [0.25, 0.3) is 5.91 Å². The smallest absolute Gasteiger partial charge is 0.408 e. The highest BCUT2D eigenvalue weighted by Crippen LogP contribution is 2.32. The molecule has 2 N–H and O–H groups in total. The predicted octanol–water partition coefficient (Wildman–Crippen LogP) is 7.51. The Balaban J connectivity index is 2.65. The number of ether oxygens (including phenoxy) is 1. The van der Waals surface area contributed by atoms with Gasteiger partial charge in [-0.15, -0.1) is 0 Å². The van der Waals surface area contributed by atoms with E-state index in [0.717, 1.165) is 28.7 Å². The lowest BCUT2D eigenvalue weighted by Gasteiger charge is -2.36. The number of anilines is 1. The molecule has 40 heavy (non-hydrogen) atoms. The van der Waals surface area contributed by atoms with Crippen molar-refractivity contribution in [2.45, 2.75) is 99.3 Å². The number of halogens is 1. The highest BCUT2D eigenvalue weighted by atomic mass is 35.5. The minimum Gasteiger partial charge on any atom is -0.444 e. The van der Waals surface area contributed by atoms with Crippen molar-refractivity contribution in [1.29, 1.82) is 0 Å². The molecule has 220 valence electrons. The molecule has 8 heteroatoms. The van der Waals surface area contributed by atoms with Crippen molar-refractivity contribution in [3.05, 3.63) is 63.7 Å². The van der Waals surface area contributed by atoms with Crippen LogP contribution in [0.5, 0.6) is 0 Å². The van der Waals surface area contributed by atoms with Crippen LogP contribution in [-0.2, 0) is 14.3 Å². The Morgan fingerprint density at radius 1 is 1.02 bits per heavy atom. The normalized spacial score (nSPS) is 13.7. The number of unbranched alkanes of at least 4 members (excludes halogenated alkanes) is 1. The van der Waals surface area contributed by atoms with Gasteiger partial charge in [-0.25, -0.2) is 4.79 Å². The van der Waals surface area contributed by atoms with Gasteiger partial charge in [-0.3, -0.25) is 9.59 Å². The molecule has 0 saturated heterocycles. The van der Waals surface area contributed by atoms with E-state index in [1.165, 1.54) is 0 Å². The number of amides is 3. The van der Waals surface area contributed by atoms with Gasteiger partial charge < -0.3 is 20.3 Å². The van der Waals surface area contributed by atoms with Gasteiger partial charge in [-0.05, 0) is 76.6 Å². The average molecular weight is 572 g/mol. The van der Waals surface area contributed by atoms with E-state index in [1.54, 1.807) is 31.7 Å². The van der Waals surface area contributed by atoms with Crippen LogP contribution < -0.4 is 10.6 Å². The van der Waals surface area contributed by atoms with Gasteiger partial charge in [0.1, 0.15) is 17.7 Å². The van der Waals surface area contributed by atoms with Crippen LogP contribution in [0, 0.1) is 26.7 Å². The zero-order valence-electron chi connectivity index (χ0n) is 25.5. The lowest BCUT2D eigenvalue weighted by Crippen LogP contribution is -2.55. The average Bonchev–Trinajstić information content (AvgIpc) is 2.87. The largest absolute Gasteiger partial charge is 0.444 e. The van der Waals surface area contributed by atoms with Crippen LogP contribution in [0.4, 0.5) is 10.5 Å². The summed E-state index contributed by atoms with van der Waals surface area (Å²) in [4.78, 5) is 43.0. The maximum absolute atomic E-state index is 14.4. The second-order valence-electron chi connectivity index (χ2n) is 11.6. The number of hydrogen-bond acceptors (Lipinski definition) is 4. The number of benzene rings is 2. The van der Waals surface area contributed by atoms with Gasteiger partial charge in [-0.2, -0.15) is 0 Å². The van der Waals surface area contributed by atoms with Gasteiger partial charge in [0.15, 0.2) is 0 Å². The molecule has 0 aliphatic rings. The molecule has 0 aliphatic carbocycles. The van der Waals surface area contributed by atoms with Crippen molar-refractivity contribution < 1.29 is 19.1 Å². The Morgan fingerprint density at radius 2 is 1.70 bits per heavy atom. The number of para-hydroxylation sites is 1. The summed E-state index contributed by atoms with van der Waals surface area (Å²) < 4.78 is 5.49. The first kappa shape index (κ1) is 33.1. The van der Waals surface area contributed by atoms with Crippen molar-refractivity contribution in [1.82, 2.24) is 10.2 Å². The predicted molar refractivity (Wildman–Crippen MR) is 163 cm³/mol. The molecule has 0 bridgehead atoms. The quantitative estimate of drug-likeness (QED) is 0.292. The number of nitrogens with one attached hydrogen (secondary N) is 2. The number of alkyl carbamates (subject to hydrolysis) is 1. The first-order valence-electron chi connectivity index (χ1n) is 14.1. The lowest BCUT2D eigenvalue weighted by atomic mass is 9.93. The second-order valence-corrected chi connectivity index (χ2v) is 12.0. The van der Waals surface area contributed by atoms with Crippen molar-refractivity contribution in [3.63, 3.8) is 0 Å². The lowest BCUT2D eigenvalue weighted by molar-refractivity contribution is -0.142. The van der Waals surface area contributed by atoms with Crippen LogP contribution >= 0.6 is 11.6 Å². The molecule has 7 nitrogen and oxygen atoms in total. The molecule has 2 aromatic rings. The van der Waals surface area contributed by atoms with Crippen molar-refractivity contribution in [2.75, 3.05) is 11.9 Å². The third-order valence-electron chi connectivity index (χ3n) is 6.95. The summed E-state index contributed by atoms with van der Waals surface area (Å²) in [7, 11) is 0. The molecule has 0 fully saturated rings. The number of rotatable bonds is 11. The molecule has 0 aromatic heterocycles. The summed E-state index contributed by atoms with van der Waals surface area (Å²) in [5.74, 6) is -0.891. The molecule has 3 atom stereocenters. The number of carbonyl (C=O) groups excluding carboxylic acids is 3. The first-order valence-corrected chi connectivity index (χ1v) is 14.5. The molecule has 0 radical (unpaired) electrons. The van der Waals surface area contributed by atoms with E-state index >= 15 is 0 Å². The number of nitrogens with zero attached hydrogens (tertiary/aromatic N) is 1. The van der Waals surface area contributed by atoms with Gasteiger partial charge >= 0.3 is 6.09 Å². The fraction of sp³-hybridized carbons (Fsp3) is 0.531. The third-order valence-corrected chi connectivity index (χ3v) is 7.26. The van der Waals surface area contributed by atoms with Gasteiger partial charge in [0, 0.05) is 6.54 Å². The van der Waals surface area contributed by atoms with Crippen molar-refractivity contribution in [3.8, 4) is 0 Å². The maximum atomic E-state index is 14.4. The molecule has 2 aromatic carbocycles. The fourth-order valence-electron chi connectivity index (χ4n) is 4.48. The zero-order valence-corrected chi connectivity index (χ0v) is 26.2. The molecule has 0 saturated carbocycles. The molecule has 3 amide bonds. The first-order chi connectivity index (χ1) is 18.7. The van der Waals surface area contributed by atoms with Crippen LogP contribution in [0.15, 0.2) is 36.4 Å². The Labute approximate surface area is 245 Å². The fourth-order valence-corrected chi connectivity index (χ4v) is 4.75. The van der Waals surface area contributed by atoms with E-state index in [9.17, 15) is 14.4 Å². The number of aryl methyl sites for hydroxylation is 3. The minimum atomic E-state index is -0.943. The highest BCUT2D eigenvalue weighted by molar-refractivity contribution is 6.34. The van der Waals surface area contributed by atoms with E-state index in [1.807, 2.05) is 71.9 Å². The Hall–Kier alpha value is -3.06. The van der Waals surface area contributed by atoms with E-state index in [0.29, 0.717) is 30.1 Å². The highest BCUT2D eigenvalue weighted by Gasteiger charge is 2.38. The zero-order chi connectivity index (χ0) is 30.2. The van der Waals surface area contributed by atoms with Crippen molar-refractivity contribution in [2.24, 2.45) is 5.92 Å². The SMILES string of the molecule is CCCCN(C(=O)C(NC(=O)OC(C)(C)C)C(C)CC)C(C(=O)Nc1c(C)cccc1Cl)c1cc(C)ccc1C. The summed E-state index contributed by atoms with van der Waals surface area (Å²) in [5, 5.41) is 6.25. The topological polar surface area (TPSA) is 87.7 Å². The van der Waals surface area contributed by atoms with Crippen molar-refractivity contribution >= 4 is 35.2 Å². The van der Waals surface area contributed by atoms with Gasteiger partial charge in [0.2, 0.25) is 5.91 Å². The van der Waals surface area contributed by atoms with Crippen LogP contribution in [0.1, 0.15) is 89.1 Å². The van der Waals surface area contributed by atoms with E-state index < -0.39 is 23.8 Å². The Morgan fingerprint density at radius 3 is 2.27 bits per heavy atom. The minimum absolute atomic E-state index is 0.197. The van der Waals surface area contributed by atoms with Gasteiger partial charge in [-0.1, -0.05) is 81.1 Å². The van der Waals surface area contributed by atoms with Gasteiger partial charge in [0.05, 0.1) is 10.7 Å². The number of hydrogen-bond donors (Lipinski definition) is 2. The molecule has 3 unspecified atom stereocenters. The monoisotopic (exact) mass is 571 g/mol. The Bertz CT molecular complexity index is 1170. The molecule has 0 heterocycles. The maximum Gasteiger partial charge on any atom is 0.408 e. The van der Waals surface area contributed by atoms with E-state index in [-0.39, 0.29) is 17.7 Å². The second kappa shape index (κ2) is 14.5. The number of carbonyl (C=O) groups is 3. The summed E-state index contributed by atoms with van der Waals surface area (Å²) >= 11 is 6.47. The molecule has 0 aliphatic heterocycles. The summed E-state index contributed by atoms with van der Waals surface area (Å²) in [6.07, 6.45) is 1.49. The molecular weight excluding hydrogens is 526 g/mol. The summed E-state index contributed by atoms with van der Waals surface area (Å²) in [5.41, 5.74) is 3.19. The van der Waals surface area contributed by atoms with Crippen LogP contribution in [0.3, 0.4) is 0 Å². The standard InChI is InChI=1S/C32H46ClN3O4/c1-10-12-18-36(30(38)27(21(4)11-2)35-31(39)40-32(7,8)9)28(24-19-20(3)16-17-22(24)5)29(37)34-26-23(6)14-13-15-25(26)33/h13-17,19,21,27-28H,10-12,18H2,1-9H3,(H,34,37)(H,35,39). The summed E-state index contributed by atoms with van der Waals surface area (Å²) in [6.45, 7) is 17.3. The van der Waals surface area contributed by atoms with E-state index in [2.05, 4.69) is 10.6 Å². The Kier molecular flexibility index (Phi) is 12.0. The molecule has 0 spiro atoms. The van der Waals surface area contributed by atoms with E-state index in [4.69, 9.17) is 16.3 Å².